The van der Waals surface area contributed by atoms with Crippen molar-refractivity contribution in [1.29, 1.82) is 0 Å². The van der Waals surface area contributed by atoms with Gasteiger partial charge in [-0.15, -0.1) is 19.7 Å². The van der Waals surface area contributed by atoms with E-state index in [2.05, 4.69) is 29.9 Å². The average Bonchev–Trinajstić information content (AvgIpc) is 2.86. The average molecular weight is 562 g/mol. The molecule has 5 nitrogen and oxygen atoms in total. The molecule has 3 aromatic carbocycles. The highest BCUT2D eigenvalue weighted by molar-refractivity contribution is 6.54. The third-order valence-corrected chi connectivity index (χ3v) is 5.25. The van der Waals surface area contributed by atoms with E-state index in [9.17, 15) is 4.79 Å². The minimum atomic E-state index is -0.781. The standard InChI is InChI=1S/C22H14Cl3FN2O2.C3H7BO.C2H4/c1-12-3-6-19(18(25)7-12)28-20(29)8-13-4-5-17(24)22(21(13)26)30-16-10-14(23)9-15(11-16)27-2;1-3-4(2)5;1-2/h3-7,9-11H,8H2,1H3,(H,28,29);3,5H,1H2,2H3;1-2H2. The summed E-state index contributed by atoms with van der Waals surface area (Å²) in [5, 5.41) is 11.6. The van der Waals surface area contributed by atoms with Gasteiger partial charge < -0.3 is 15.1 Å². The maximum atomic E-state index is 15.0. The lowest BCUT2D eigenvalue weighted by molar-refractivity contribution is -0.115. The highest BCUT2D eigenvalue weighted by Crippen LogP contribution is 2.36. The molecule has 0 saturated heterocycles. The summed E-state index contributed by atoms with van der Waals surface area (Å²) in [6.45, 7) is 19.6. The summed E-state index contributed by atoms with van der Waals surface area (Å²) in [5.41, 5.74) is 1.71. The van der Waals surface area contributed by atoms with E-state index in [1.54, 1.807) is 25.0 Å². The number of carbonyl (C=O) groups excluding carboxylic acids is 1. The third kappa shape index (κ3) is 10.3. The predicted octanol–water partition coefficient (Wildman–Crippen LogP) is 8.75. The molecule has 0 radical (unpaired) electrons. The van der Waals surface area contributed by atoms with Gasteiger partial charge in [0.25, 0.3) is 0 Å². The SMILES string of the molecule is C=C.C=CB(C)O.[C-]#[N+]c1cc(Cl)cc(Oc2c(Cl)ccc(CC(=O)Nc3ccc(C)cc3Cl)c2F)c1. The van der Waals surface area contributed by atoms with E-state index in [0.29, 0.717) is 10.7 Å². The second-order valence-corrected chi connectivity index (χ2v) is 8.64. The molecule has 0 aliphatic heterocycles. The van der Waals surface area contributed by atoms with Crippen molar-refractivity contribution < 1.29 is 18.9 Å². The molecule has 10 heteroatoms. The number of nitrogens with one attached hydrogen (secondary N) is 1. The maximum absolute atomic E-state index is 15.0. The van der Waals surface area contributed by atoms with Crippen LogP contribution >= 0.6 is 34.8 Å². The van der Waals surface area contributed by atoms with Gasteiger partial charge in [-0.3, -0.25) is 4.79 Å². The normalized spacial score (nSPS) is 9.46. The zero-order valence-corrected chi connectivity index (χ0v) is 22.6. The fraction of sp³-hybridized carbons (Fsp3) is 0.111. The van der Waals surface area contributed by atoms with Crippen LogP contribution in [-0.4, -0.2) is 17.8 Å². The van der Waals surface area contributed by atoms with E-state index < -0.39 is 11.7 Å². The number of ether oxygens (including phenoxy) is 1. The van der Waals surface area contributed by atoms with Crippen LogP contribution in [0.1, 0.15) is 11.1 Å². The Balaban J connectivity index is 0.000000874. The second-order valence-electron chi connectivity index (χ2n) is 7.39. The number of aryl methyl sites for hydroxylation is 1. The van der Waals surface area contributed by atoms with Gasteiger partial charge in [-0.2, -0.15) is 0 Å². The van der Waals surface area contributed by atoms with Crippen LogP contribution in [0.15, 0.2) is 74.2 Å². The van der Waals surface area contributed by atoms with Crippen molar-refractivity contribution in [3.05, 3.63) is 118 Å². The maximum Gasteiger partial charge on any atom is 0.312 e. The van der Waals surface area contributed by atoms with Gasteiger partial charge in [-0.05, 0) is 48.9 Å². The van der Waals surface area contributed by atoms with E-state index in [-0.39, 0.29) is 46.1 Å². The summed E-state index contributed by atoms with van der Waals surface area (Å²) in [7, 11) is 0. The number of hydrogen-bond donors (Lipinski definition) is 2. The zero-order valence-electron chi connectivity index (χ0n) is 20.3. The Bertz CT molecular complexity index is 1300. The van der Waals surface area contributed by atoms with E-state index in [4.69, 9.17) is 51.1 Å². The molecule has 0 fully saturated rings. The fourth-order valence-electron chi connectivity index (χ4n) is 2.68. The highest BCUT2D eigenvalue weighted by atomic mass is 35.5. The van der Waals surface area contributed by atoms with Crippen LogP contribution in [-0.2, 0) is 11.2 Å². The predicted molar refractivity (Wildman–Crippen MR) is 153 cm³/mol. The fourth-order valence-corrected chi connectivity index (χ4v) is 3.37. The van der Waals surface area contributed by atoms with E-state index >= 15 is 4.39 Å². The molecule has 0 aliphatic carbocycles. The Morgan fingerprint density at radius 2 is 1.81 bits per heavy atom. The van der Waals surface area contributed by atoms with Crippen LogP contribution in [0.2, 0.25) is 21.9 Å². The van der Waals surface area contributed by atoms with Gasteiger partial charge in [0.2, 0.25) is 5.91 Å². The molecule has 0 heterocycles. The van der Waals surface area contributed by atoms with Gasteiger partial charge in [0.1, 0.15) is 5.75 Å². The number of nitrogens with zero attached hydrogens (tertiary/aromatic N) is 1. The summed E-state index contributed by atoms with van der Waals surface area (Å²) >= 11 is 18.2. The Morgan fingerprint density at radius 3 is 2.38 bits per heavy atom. The zero-order chi connectivity index (χ0) is 28.1. The van der Waals surface area contributed by atoms with E-state index in [0.717, 1.165) is 5.56 Å². The molecule has 1 amide bonds. The lowest BCUT2D eigenvalue weighted by atomic mass is 9.73. The van der Waals surface area contributed by atoms with Crippen LogP contribution in [0, 0.1) is 19.3 Å². The molecule has 37 heavy (non-hydrogen) atoms. The van der Waals surface area contributed by atoms with Crippen molar-refractivity contribution >= 4 is 59.0 Å². The minimum absolute atomic E-state index is 0.0163. The number of hydrogen-bond acceptors (Lipinski definition) is 3. The van der Waals surface area contributed by atoms with Crippen LogP contribution in [0.25, 0.3) is 4.85 Å². The molecule has 192 valence electrons. The highest BCUT2D eigenvalue weighted by Gasteiger charge is 2.18. The lowest BCUT2D eigenvalue weighted by Gasteiger charge is -2.13. The first kappa shape index (κ1) is 31.8. The number of halogens is 4. The monoisotopic (exact) mass is 560 g/mol. The van der Waals surface area contributed by atoms with Gasteiger partial charge in [0.05, 0.1) is 28.7 Å². The first-order chi connectivity index (χ1) is 17.5. The molecule has 0 aliphatic rings. The number of amides is 1. The Morgan fingerprint density at radius 1 is 1.16 bits per heavy atom. The topological polar surface area (TPSA) is 62.9 Å². The summed E-state index contributed by atoms with van der Waals surface area (Å²) in [6.07, 6.45) is -0.258. The third-order valence-electron chi connectivity index (χ3n) is 4.42. The van der Waals surface area contributed by atoms with Gasteiger partial charge in [0.15, 0.2) is 17.3 Å². The molecule has 0 saturated carbocycles. The van der Waals surface area contributed by atoms with Gasteiger partial charge >= 0.3 is 6.92 Å². The summed E-state index contributed by atoms with van der Waals surface area (Å²) in [6, 6.07) is 12.3. The van der Waals surface area contributed by atoms with Crippen molar-refractivity contribution in [3.63, 3.8) is 0 Å². The van der Waals surface area contributed by atoms with Crippen LogP contribution < -0.4 is 10.1 Å². The van der Waals surface area contributed by atoms with Crippen molar-refractivity contribution in [2.45, 2.75) is 20.2 Å². The van der Waals surface area contributed by atoms with E-state index in [1.807, 2.05) is 6.92 Å². The largest absolute Gasteiger partial charge is 0.454 e. The van der Waals surface area contributed by atoms with Crippen LogP contribution in [0.5, 0.6) is 11.5 Å². The lowest BCUT2D eigenvalue weighted by Crippen LogP contribution is -2.15. The smallest absolute Gasteiger partial charge is 0.312 e. The van der Waals surface area contributed by atoms with Gasteiger partial charge in [0, 0.05) is 10.6 Å². The van der Waals surface area contributed by atoms with Gasteiger partial charge in [-0.1, -0.05) is 59.7 Å². The molecule has 3 aromatic rings. The molecular weight excluding hydrogens is 536 g/mol. The molecule has 0 unspecified atom stereocenters. The van der Waals surface area contributed by atoms with Crippen molar-refractivity contribution in [3.8, 4) is 11.5 Å². The quantitative estimate of drug-likeness (QED) is 0.180. The minimum Gasteiger partial charge on any atom is -0.454 e. The number of rotatable bonds is 6. The first-order valence-corrected chi connectivity index (χ1v) is 11.9. The number of benzene rings is 3. The Hall–Kier alpha value is -3.28. The summed E-state index contributed by atoms with van der Waals surface area (Å²) < 4.78 is 20.6. The molecule has 2 N–H and O–H groups in total. The number of anilines is 1. The van der Waals surface area contributed by atoms with Crippen molar-refractivity contribution in [2.24, 2.45) is 0 Å². The molecule has 0 bridgehead atoms. The second kappa shape index (κ2) is 15.8. The van der Waals surface area contributed by atoms with Crippen LogP contribution in [0.3, 0.4) is 0 Å². The van der Waals surface area contributed by atoms with Crippen molar-refractivity contribution in [1.82, 2.24) is 0 Å². The Kier molecular flexibility index (Phi) is 13.5. The number of carbonyl (C=O) groups is 1. The van der Waals surface area contributed by atoms with Crippen molar-refractivity contribution in [2.75, 3.05) is 5.32 Å². The Labute approximate surface area is 232 Å². The molecule has 3 rings (SSSR count). The molecule has 0 atom stereocenters. The summed E-state index contributed by atoms with van der Waals surface area (Å²) in [4.78, 5) is 15.7. The first-order valence-electron chi connectivity index (χ1n) is 10.7. The molecule has 0 aromatic heterocycles. The van der Waals surface area contributed by atoms with Crippen LogP contribution in [0.4, 0.5) is 15.8 Å². The summed E-state index contributed by atoms with van der Waals surface area (Å²) in [5.74, 6) is 0.138. The van der Waals surface area contributed by atoms with Gasteiger partial charge in [-0.25, -0.2) is 9.24 Å². The molecular formula is C27H25BCl3FN2O3. The van der Waals surface area contributed by atoms with E-state index in [1.165, 1.54) is 36.3 Å². The molecule has 0 spiro atoms.